The molecule has 1 heterocycles. The van der Waals surface area contributed by atoms with Crippen LogP contribution in [-0.2, 0) is 9.53 Å². The molecule has 0 aromatic heterocycles. The Balaban J connectivity index is 2.15. The van der Waals surface area contributed by atoms with Crippen LogP contribution in [0.2, 0.25) is 0 Å². The Bertz CT molecular complexity index is 482. The molecule has 1 aliphatic heterocycles. The van der Waals surface area contributed by atoms with E-state index in [1.807, 2.05) is 31.2 Å². The zero-order valence-electron chi connectivity index (χ0n) is 11.4. The summed E-state index contributed by atoms with van der Waals surface area (Å²) in [6.45, 7) is 2.00. The van der Waals surface area contributed by atoms with E-state index in [9.17, 15) is 9.90 Å². The van der Waals surface area contributed by atoms with Gasteiger partial charge in [-0.2, -0.15) is 0 Å². The van der Waals surface area contributed by atoms with E-state index >= 15 is 0 Å². The minimum atomic E-state index is -0.898. The summed E-state index contributed by atoms with van der Waals surface area (Å²) in [5.74, 6) is -0.747. The van der Waals surface area contributed by atoms with Crippen LogP contribution in [0.5, 0.6) is 0 Å². The standard InChI is InChI=1S/C14H19NO4S/c1-8-6-11(9-4-3-5-10(7-9)20-18)19-13(8)12(15-2)14(16)17/h3-5,7-8,11-13,15,18H,6H2,1-2H3,(H,16,17)/t8-,11?,12?,13-/m1/s1. The Labute approximate surface area is 122 Å². The van der Waals surface area contributed by atoms with Crippen molar-refractivity contribution in [1.29, 1.82) is 0 Å². The average Bonchev–Trinajstić information content (AvgIpc) is 2.81. The summed E-state index contributed by atoms with van der Waals surface area (Å²) < 4.78 is 15.0. The van der Waals surface area contributed by atoms with E-state index in [0.29, 0.717) is 12.0 Å². The van der Waals surface area contributed by atoms with Gasteiger partial charge in [0.05, 0.1) is 12.2 Å². The largest absolute Gasteiger partial charge is 0.480 e. The van der Waals surface area contributed by atoms with Crippen LogP contribution in [0, 0.1) is 5.92 Å². The predicted molar refractivity (Wildman–Crippen MR) is 76.8 cm³/mol. The fourth-order valence-corrected chi connectivity index (χ4v) is 3.00. The van der Waals surface area contributed by atoms with Gasteiger partial charge in [0.25, 0.3) is 0 Å². The molecule has 2 unspecified atom stereocenters. The van der Waals surface area contributed by atoms with E-state index < -0.39 is 12.0 Å². The number of carboxylic acid groups (broad SMARTS) is 1. The third-order valence-electron chi connectivity index (χ3n) is 3.71. The highest BCUT2D eigenvalue weighted by Gasteiger charge is 2.40. The van der Waals surface area contributed by atoms with Gasteiger partial charge in [0.1, 0.15) is 6.04 Å². The fraction of sp³-hybridized carbons (Fsp3) is 0.500. The molecule has 0 aliphatic carbocycles. The number of carbonyl (C=O) groups is 1. The first kappa shape index (κ1) is 15.3. The SMILES string of the molecule is CNC(C(=O)O)[C@@H]1OC(c2cccc(SO)c2)C[C@H]1C. The fourth-order valence-electron chi connectivity index (χ4n) is 2.67. The van der Waals surface area contributed by atoms with Crippen molar-refractivity contribution in [2.45, 2.75) is 36.5 Å². The normalized spacial score (nSPS) is 27.4. The highest BCUT2D eigenvalue weighted by atomic mass is 32.2. The van der Waals surface area contributed by atoms with Crippen molar-refractivity contribution in [2.24, 2.45) is 5.92 Å². The first-order valence-electron chi connectivity index (χ1n) is 6.53. The van der Waals surface area contributed by atoms with Crippen LogP contribution in [0.3, 0.4) is 0 Å². The second-order valence-corrected chi connectivity index (χ2v) is 5.72. The van der Waals surface area contributed by atoms with Crippen LogP contribution in [0.4, 0.5) is 0 Å². The highest BCUT2D eigenvalue weighted by molar-refractivity contribution is 7.93. The van der Waals surface area contributed by atoms with Gasteiger partial charge in [-0.1, -0.05) is 19.1 Å². The number of rotatable bonds is 5. The molecule has 6 heteroatoms. The van der Waals surface area contributed by atoms with Crippen LogP contribution >= 0.6 is 12.0 Å². The van der Waals surface area contributed by atoms with E-state index in [2.05, 4.69) is 5.32 Å². The Morgan fingerprint density at radius 3 is 2.90 bits per heavy atom. The molecule has 20 heavy (non-hydrogen) atoms. The number of ether oxygens (including phenoxy) is 1. The quantitative estimate of drug-likeness (QED) is 0.724. The molecule has 110 valence electrons. The third-order valence-corrected chi connectivity index (χ3v) is 4.17. The van der Waals surface area contributed by atoms with Crippen molar-refractivity contribution in [1.82, 2.24) is 5.32 Å². The van der Waals surface area contributed by atoms with Gasteiger partial charge in [-0.05, 0) is 37.1 Å². The Kier molecular flexibility index (Phi) is 5.04. The molecule has 1 aromatic rings. The molecule has 5 nitrogen and oxygen atoms in total. The van der Waals surface area contributed by atoms with Crippen molar-refractivity contribution in [3.63, 3.8) is 0 Å². The summed E-state index contributed by atoms with van der Waals surface area (Å²) >= 11 is 0.697. The molecule has 0 spiro atoms. The summed E-state index contributed by atoms with van der Waals surface area (Å²) in [7, 11) is 1.63. The molecule has 0 amide bonds. The molecule has 1 aromatic carbocycles. The number of hydrogen-bond donors (Lipinski definition) is 3. The van der Waals surface area contributed by atoms with Crippen molar-refractivity contribution >= 4 is 18.0 Å². The maximum absolute atomic E-state index is 11.2. The molecule has 3 N–H and O–H groups in total. The molecular formula is C14H19NO4S. The second-order valence-electron chi connectivity index (χ2n) is 5.07. The highest BCUT2D eigenvalue weighted by Crippen LogP contribution is 2.38. The maximum atomic E-state index is 11.2. The topological polar surface area (TPSA) is 78.8 Å². The minimum absolute atomic E-state index is 0.128. The Morgan fingerprint density at radius 1 is 1.55 bits per heavy atom. The van der Waals surface area contributed by atoms with Gasteiger partial charge in [0.2, 0.25) is 0 Å². The lowest BCUT2D eigenvalue weighted by Crippen LogP contribution is -2.46. The minimum Gasteiger partial charge on any atom is -0.480 e. The number of nitrogens with one attached hydrogen (secondary N) is 1. The number of carboxylic acids is 1. The van der Waals surface area contributed by atoms with Crippen LogP contribution in [0.15, 0.2) is 29.2 Å². The van der Waals surface area contributed by atoms with E-state index in [1.54, 1.807) is 7.05 Å². The van der Waals surface area contributed by atoms with Gasteiger partial charge in [0, 0.05) is 16.9 Å². The molecule has 1 saturated heterocycles. The molecule has 4 atom stereocenters. The first-order chi connectivity index (χ1) is 9.56. The summed E-state index contributed by atoms with van der Waals surface area (Å²) in [6, 6.07) is 6.79. The predicted octanol–water partition coefficient (Wildman–Crippen LogP) is 2.39. The van der Waals surface area contributed by atoms with Gasteiger partial charge in [-0.15, -0.1) is 0 Å². The van der Waals surface area contributed by atoms with E-state index in [4.69, 9.17) is 9.29 Å². The zero-order valence-corrected chi connectivity index (χ0v) is 12.3. The van der Waals surface area contributed by atoms with Crippen LogP contribution in [0.25, 0.3) is 0 Å². The van der Waals surface area contributed by atoms with Gasteiger partial charge in [-0.3, -0.25) is 4.79 Å². The van der Waals surface area contributed by atoms with Gasteiger partial charge in [0.15, 0.2) is 0 Å². The molecule has 0 radical (unpaired) electrons. The number of hydrogen-bond acceptors (Lipinski definition) is 5. The lowest BCUT2D eigenvalue weighted by Gasteiger charge is -2.22. The lowest BCUT2D eigenvalue weighted by atomic mass is 9.94. The molecule has 2 rings (SSSR count). The monoisotopic (exact) mass is 297 g/mol. The van der Waals surface area contributed by atoms with E-state index in [1.165, 1.54) is 0 Å². The first-order valence-corrected chi connectivity index (χ1v) is 7.31. The number of likely N-dealkylation sites (N-methyl/N-ethyl adjacent to an activating group) is 1. The summed E-state index contributed by atoms with van der Waals surface area (Å²) in [5.41, 5.74) is 0.971. The Morgan fingerprint density at radius 2 is 2.30 bits per heavy atom. The summed E-state index contributed by atoms with van der Waals surface area (Å²) in [4.78, 5) is 12.0. The van der Waals surface area contributed by atoms with Gasteiger partial charge in [-0.25, -0.2) is 0 Å². The van der Waals surface area contributed by atoms with Crippen molar-refractivity contribution in [2.75, 3.05) is 7.05 Å². The van der Waals surface area contributed by atoms with Crippen LogP contribution in [-0.4, -0.2) is 34.8 Å². The van der Waals surface area contributed by atoms with Crippen LogP contribution in [0.1, 0.15) is 25.0 Å². The van der Waals surface area contributed by atoms with Crippen LogP contribution < -0.4 is 5.32 Å². The van der Waals surface area contributed by atoms with E-state index in [-0.39, 0.29) is 18.1 Å². The van der Waals surface area contributed by atoms with E-state index in [0.717, 1.165) is 16.9 Å². The van der Waals surface area contributed by atoms with Crippen molar-refractivity contribution in [3.8, 4) is 0 Å². The smallest absolute Gasteiger partial charge is 0.323 e. The van der Waals surface area contributed by atoms with Crippen molar-refractivity contribution < 1.29 is 19.2 Å². The van der Waals surface area contributed by atoms with Gasteiger partial charge < -0.3 is 19.7 Å². The number of aliphatic carboxylic acids is 1. The molecule has 1 aliphatic rings. The molecule has 1 fully saturated rings. The number of benzene rings is 1. The molecular weight excluding hydrogens is 278 g/mol. The lowest BCUT2D eigenvalue weighted by molar-refractivity contribution is -0.144. The zero-order chi connectivity index (χ0) is 14.7. The third kappa shape index (κ3) is 3.15. The molecule has 0 saturated carbocycles. The molecule has 0 bridgehead atoms. The van der Waals surface area contributed by atoms with Crippen molar-refractivity contribution in [3.05, 3.63) is 29.8 Å². The summed E-state index contributed by atoms with van der Waals surface area (Å²) in [6.07, 6.45) is 0.292. The second kappa shape index (κ2) is 6.58. The average molecular weight is 297 g/mol. The Hall–Kier alpha value is -1.08. The summed E-state index contributed by atoms with van der Waals surface area (Å²) in [5, 5.41) is 12.0. The maximum Gasteiger partial charge on any atom is 0.323 e. The van der Waals surface area contributed by atoms with Gasteiger partial charge >= 0.3 is 5.97 Å².